The molecule has 8 nitrogen and oxygen atoms in total. The van der Waals surface area contributed by atoms with E-state index in [4.69, 9.17) is 5.26 Å². The minimum Gasteiger partial charge on any atom is -0.307 e. The van der Waals surface area contributed by atoms with Gasteiger partial charge in [0.1, 0.15) is 6.07 Å². The molecule has 2 N–H and O–H groups in total. The van der Waals surface area contributed by atoms with Crippen LogP contribution < -0.4 is 10.0 Å². The van der Waals surface area contributed by atoms with Crippen LogP contribution in [0.4, 0.5) is 10.5 Å². The number of hydrogen-bond acceptors (Lipinski definition) is 6. The van der Waals surface area contributed by atoms with Crippen LogP contribution in [0.3, 0.4) is 0 Å². The van der Waals surface area contributed by atoms with Crippen molar-refractivity contribution >= 4 is 21.7 Å². The minimum atomic E-state index is -4.31. The average molecular weight is 383 g/mol. The van der Waals surface area contributed by atoms with Gasteiger partial charge in [-0.3, -0.25) is 0 Å². The zero-order valence-corrected chi connectivity index (χ0v) is 15.3. The number of benzene rings is 1. The van der Waals surface area contributed by atoms with Gasteiger partial charge < -0.3 is 5.32 Å². The number of aryl methyl sites for hydroxylation is 2. The highest BCUT2D eigenvalue weighted by molar-refractivity contribution is 7.90. The largest absolute Gasteiger partial charge is 0.333 e. The summed E-state index contributed by atoms with van der Waals surface area (Å²) in [5.74, 6) is 0. The fraction of sp³-hybridized carbons (Fsp3) is 0.333. The molecule has 1 aromatic carbocycles. The van der Waals surface area contributed by atoms with Gasteiger partial charge in [-0.25, -0.2) is 19.5 Å². The van der Waals surface area contributed by atoms with Crippen molar-refractivity contribution in [2.45, 2.75) is 43.6 Å². The van der Waals surface area contributed by atoms with Crippen LogP contribution in [0.2, 0.25) is 0 Å². The summed E-state index contributed by atoms with van der Waals surface area (Å²) in [4.78, 5) is 19.8. The third-order valence-electron chi connectivity index (χ3n) is 4.96. The van der Waals surface area contributed by atoms with Crippen LogP contribution in [0.1, 0.15) is 40.8 Å². The first-order valence-corrected chi connectivity index (χ1v) is 10.2. The Morgan fingerprint density at radius 1 is 1.04 bits per heavy atom. The molecule has 1 heterocycles. The molecule has 0 saturated carbocycles. The molecule has 0 spiro atoms. The average Bonchev–Trinajstić information content (AvgIpc) is 3.30. The van der Waals surface area contributed by atoms with E-state index in [1.165, 1.54) is 17.3 Å². The quantitative estimate of drug-likeness (QED) is 0.833. The van der Waals surface area contributed by atoms with Gasteiger partial charge in [-0.2, -0.15) is 13.7 Å². The third-order valence-corrected chi connectivity index (χ3v) is 6.23. The highest BCUT2D eigenvalue weighted by Gasteiger charge is 2.28. The second kappa shape index (κ2) is 6.63. The maximum atomic E-state index is 12.5. The Labute approximate surface area is 156 Å². The number of carbonyl (C=O) groups excluding carboxylic acids is 1. The minimum absolute atomic E-state index is 0.362. The molecule has 1 aromatic heterocycles. The number of aromatic nitrogens is 2. The number of fused-ring (bicyclic) bond motifs is 2. The first-order chi connectivity index (χ1) is 13.0. The summed E-state index contributed by atoms with van der Waals surface area (Å²) in [6, 6.07) is 3.03. The van der Waals surface area contributed by atoms with E-state index in [9.17, 15) is 13.2 Å². The van der Waals surface area contributed by atoms with Crippen LogP contribution >= 0.6 is 0 Å². The Morgan fingerprint density at radius 2 is 1.67 bits per heavy atom. The van der Waals surface area contributed by atoms with E-state index >= 15 is 0 Å². The smallest absolute Gasteiger partial charge is 0.307 e. The van der Waals surface area contributed by atoms with Crippen molar-refractivity contribution in [2.75, 3.05) is 5.32 Å². The number of nitriles is 1. The van der Waals surface area contributed by atoms with Crippen molar-refractivity contribution in [1.29, 1.82) is 5.26 Å². The van der Waals surface area contributed by atoms with Crippen LogP contribution in [-0.4, -0.2) is 24.4 Å². The molecule has 0 aliphatic heterocycles. The van der Waals surface area contributed by atoms with Crippen molar-refractivity contribution in [3.8, 4) is 6.07 Å². The Kier molecular flexibility index (Phi) is 4.28. The molecule has 0 unspecified atom stereocenters. The Balaban J connectivity index is 1.62. The number of hydrogen-bond donors (Lipinski definition) is 2. The fourth-order valence-corrected chi connectivity index (χ4v) is 4.82. The van der Waals surface area contributed by atoms with Crippen molar-refractivity contribution in [3.05, 3.63) is 46.4 Å². The highest BCUT2D eigenvalue weighted by atomic mass is 32.2. The zero-order chi connectivity index (χ0) is 19.0. The summed E-state index contributed by atoms with van der Waals surface area (Å²) in [7, 11) is -4.31. The number of rotatable bonds is 3. The normalized spacial score (nSPS) is 14.9. The molecule has 27 heavy (non-hydrogen) atoms. The van der Waals surface area contributed by atoms with Gasteiger partial charge in [-0.05, 0) is 60.8 Å². The molecule has 0 radical (unpaired) electrons. The van der Waals surface area contributed by atoms with Crippen molar-refractivity contribution in [1.82, 2.24) is 14.7 Å². The Morgan fingerprint density at radius 3 is 2.30 bits per heavy atom. The van der Waals surface area contributed by atoms with Gasteiger partial charge in [0.05, 0.1) is 0 Å². The van der Waals surface area contributed by atoms with Crippen LogP contribution in [0.25, 0.3) is 0 Å². The van der Waals surface area contributed by atoms with Gasteiger partial charge in [-0.1, -0.05) is 6.07 Å². The number of amides is 2. The molecule has 2 aliphatic rings. The van der Waals surface area contributed by atoms with Crippen molar-refractivity contribution in [3.63, 3.8) is 0 Å². The molecule has 4 rings (SSSR count). The standard InChI is InChI=1S/C18H17N5O3S/c19-10-15-17(21-8-7-20-15)27(25,26)23-18(24)22-16-13-5-1-3-11(13)9-12-4-2-6-14(12)16/h7-9H,1-6H2,(H2,22,23,24). The van der Waals surface area contributed by atoms with E-state index < -0.39 is 21.1 Å². The number of carbonyl (C=O) groups is 1. The number of urea groups is 1. The lowest BCUT2D eigenvalue weighted by atomic mass is 9.99. The monoisotopic (exact) mass is 383 g/mol. The summed E-state index contributed by atoms with van der Waals surface area (Å²) < 4.78 is 26.9. The number of anilines is 1. The lowest BCUT2D eigenvalue weighted by molar-refractivity contribution is 0.256. The molecule has 0 fully saturated rings. The molecular weight excluding hydrogens is 366 g/mol. The molecule has 0 bridgehead atoms. The first kappa shape index (κ1) is 17.4. The van der Waals surface area contributed by atoms with E-state index in [1.54, 1.807) is 6.07 Å². The lowest BCUT2D eigenvalue weighted by Gasteiger charge is -2.16. The summed E-state index contributed by atoms with van der Waals surface area (Å²) in [5.41, 5.74) is 5.04. The number of nitrogens with one attached hydrogen (secondary N) is 2. The predicted octanol–water partition coefficient (Wildman–Crippen LogP) is 1.84. The highest BCUT2D eigenvalue weighted by Crippen LogP contribution is 2.38. The van der Waals surface area contributed by atoms with Crippen LogP contribution in [0.15, 0.2) is 23.5 Å². The maximum absolute atomic E-state index is 12.5. The second-order valence-corrected chi connectivity index (χ2v) is 8.21. The fourth-order valence-electron chi connectivity index (χ4n) is 3.88. The summed E-state index contributed by atoms with van der Waals surface area (Å²) in [6.07, 6.45) is 8.11. The molecule has 2 amide bonds. The Bertz CT molecular complexity index is 1060. The van der Waals surface area contributed by atoms with E-state index in [1.807, 2.05) is 4.72 Å². The molecule has 2 aromatic rings. The topological polar surface area (TPSA) is 125 Å². The van der Waals surface area contributed by atoms with Gasteiger partial charge in [0.2, 0.25) is 5.03 Å². The first-order valence-electron chi connectivity index (χ1n) is 8.71. The molecular formula is C18H17N5O3S. The third kappa shape index (κ3) is 3.13. The van der Waals surface area contributed by atoms with Crippen molar-refractivity contribution < 1.29 is 13.2 Å². The van der Waals surface area contributed by atoms with Crippen LogP contribution in [-0.2, 0) is 35.7 Å². The van der Waals surface area contributed by atoms with Gasteiger partial charge >= 0.3 is 6.03 Å². The van der Waals surface area contributed by atoms with Gasteiger partial charge in [0.15, 0.2) is 5.69 Å². The zero-order valence-electron chi connectivity index (χ0n) is 14.4. The molecule has 2 aliphatic carbocycles. The Hall–Kier alpha value is -2.99. The SMILES string of the molecule is N#Cc1nccnc1S(=O)(=O)NC(=O)Nc1c2c(cc3c1CCC3)CCC2. The van der Waals surface area contributed by atoms with E-state index in [-0.39, 0.29) is 5.69 Å². The van der Waals surface area contributed by atoms with Gasteiger partial charge in [-0.15, -0.1) is 0 Å². The number of nitrogens with zero attached hydrogens (tertiary/aromatic N) is 3. The summed E-state index contributed by atoms with van der Waals surface area (Å²) in [5, 5.41) is 11.2. The van der Waals surface area contributed by atoms with E-state index in [2.05, 4.69) is 21.4 Å². The van der Waals surface area contributed by atoms with E-state index in [0.29, 0.717) is 0 Å². The van der Waals surface area contributed by atoms with Crippen LogP contribution in [0.5, 0.6) is 0 Å². The second-order valence-electron chi connectivity index (χ2n) is 6.62. The van der Waals surface area contributed by atoms with Gasteiger partial charge in [0, 0.05) is 18.1 Å². The van der Waals surface area contributed by atoms with Crippen LogP contribution in [0, 0.1) is 11.3 Å². The maximum Gasteiger partial charge on any atom is 0.333 e. The molecule has 9 heteroatoms. The molecule has 0 saturated heterocycles. The summed E-state index contributed by atoms with van der Waals surface area (Å²) >= 11 is 0. The molecule has 0 atom stereocenters. The molecule has 138 valence electrons. The predicted molar refractivity (Wildman–Crippen MR) is 96.6 cm³/mol. The van der Waals surface area contributed by atoms with Gasteiger partial charge in [0.25, 0.3) is 10.0 Å². The van der Waals surface area contributed by atoms with E-state index in [0.717, 1.165) is 61.5 Å². The summed E-state index contributed by atoms with van der Waals surface area (Å²) in [6.45, 7) is 0. The van der Waals surface area contributed by atoms with Crippen molar-refractivity contribution in [2.24, 2.45) is 0 Å². The lowest BCUT2D eigenvalue weighted by Crippen LogP contribution is -2.36. The number of sulfonamides is 1.